The highest BCUT2D eigenvalue weighted by Crippen LogP contribution is 2.29. The van der Waals surface area contributed by atoms with Gasteiger partial charge in [0.05, 0.1) is 12.2 Å². The molecule has 2 aromatic carbocycles. The van der Waals surface area contributed by atoms with Gasteiger partial charge in [0, 0.05) is 6.42 Å². The van der Waals surface area contributed by atoms with Crippen molar-refractivity contribution in [1.82, 2.24) is 0 Å². The lowest BCUT2D eigenvalue weighted by Crippen LogP contribution is -2.13. The van der Waals surface area contributed by atoms with E-state index in [4.69, 9.17) is 4.74 Å². The molecule has 0 bridgehead atoms. The van der Waals surface area contributed by atoms with Crippen LogP contribution in [0.4, 0.5) is 13.2 Å². The molecule has 146 valence electrons. The van der Waals surface area contributed by atoms with Gasteiger partial charge in [-0.15, -0.1) is 0 Å². The molecular formula is C22H25F3O2. The van der Waals surface area contributed by atoms with Gasteiger partial charge in [-0.25, -0.2) is 0 Å². The van der Waals surface area contributed by atoms with Crippen LogP contribution in [0.25, 0.3) is 0 Å². The number of alkyl halides is 3. The molecule has 0 saturated carbocycles. The van der Waals surface area contributed by atoms with Crippen LogP contribution in [-0.4, -0.2) is 12.6 Å². The Bertz CT molecular complexity index is 694. The number of aryl methyl sites for hydroxylation is 2. The van der Waals surface area contributed by atoms with Crippen LogP contribution in [0, 0.1) is 5.92 Å². The van der Waals surface area contributed by atoms with Gasteiger partial charge in [0.2, 0.25) is 0 Å². The SMILES string of the molecule is CCOC(=O)CC(CCc1ccccc1)CCc1ccc(C(F)(F)F)cc1. The number of carbonyl (C=O) groups is 1. The first-order valence-electron chi connectivity index (χ1n) is 9.24. The van der Waals surface area contributed by atoms with Crippen LogP contribution in [-0.2, 0) is 28.5 Å². The summed E-state index contributed by atoms with van der Waals surface area (Å²) in [6.07, 6.45) is -0.919. The maximum absolute atomic E-state index is 12.7. The number of carbonyl (C=O) groups excluding carboxylic acids is 1. The van der Waals surface area contributed by atoms with E-state index in [1.807, 2.05) is 18.2 Å². The monoisotopic (exact) mass is 378 g/mol. The first-order valence-corrected chi connectivity index (χ1v) is 9.24. The minimum atomic E-state index is -4.32. The lowest BCUT2D eigenvalue weighted by atomic mass is 9.90. The molecule has 0 radical (unpaired) electrons. The maximum atomic E-state index is 12.7. The Balaban J connectivity index is 1.94. The average molecular weight is 378 g/mol. The summed E-state index contributed by atoms with van der Waals surface area (Å²) in [6.45, 7) is 2.13. The van der Waals surface area contributed by atoms with Crippen LogP contribution < -0.4 is 0 Å². The Morgan fingerprint density at radius 3 is 2.00 bits per heavy atom. The zero-order valence-corrected chi connectivity index (χ0v) is 15.5. The summed E-state index contributed by atoms with van der Waals surface area (Å²) in [5.41, 5.74) is 1.41. The van der Waals surface area contributed by atoms with E-state index in [0.717, 1.165) is 37.0 Å². The lowest BCUT2D eigenvalue weighted by molar-refractivity contribution is -0.144. The van der Waals surface area contributed by atoms with E-state index < -0.39 is 11.7 Å². The van der Waals surface area contributed by atoms with Crippen LogP contribution in [0.1, 0.15) is 42.9 Å². The van der Waals surface area contributed by atoms with Crippen LogP contribution in [0.3, 0.4) is 0 Å². The third-order valence-corrected chi connectivity index (χ3v) is 4.57. The van der Waals surface area contributed by atoms with Crippen molar-refractivity contribution in [3.63, 3.8) is 0 Å². The van der Waals surface area contributed by atoms with Crippen molar-refractivity contribution in [2.75, 3.05) is 6.61 Å². The molecule has 0 heterocycles. The molecule has 2 aromatic rings. The van der Waals surface area contributed by atoms with Gasteiger partial charge in [0.1, 0.15) is 0 Å². The molecule has 0 spiro atoms. The number of hydrogen-bond donors (Lipinski definition) is 0. The maximum Gasteiger partial charge on any atom is 0.416 e. The third-order valence-electron chi connectivity index (χ3n) is 4.57. The summed E-state index contributed by atoms with van der Waals surface area (Å²) in [4.78, 5) is 11.9. The van der Waals surface area contributed by atoms with Gasteiger partial charge < -0.3 is 4.74 Å². The first-order chi connectivity index (χ1) is 12.9. The molecule has 0 saturated heterocycles. The highest BCUT2D eigenvalue weighted by Gasteiger charge is 2.29. The Morgan fingerprint density at radius 2 is 1.48 bits per heavy atom. The van der Waals surface area contributed by atoms with Crippen molar-refractivity contribution < 1.29 is 22.7 Å². The summed E-state index contributed by atoms with van der Waals surface area (Å²) < 4.78 is 43.0. The van der Waals surface area contributed by atoms with Crippen molar-refractivity contribution in [3.05, 3.63) is 71.3 Å². The predicted octanol–water partition coefficient (Wildman–Crippen LogP) is 5.84. The molecule has 0 amide bonds. The second-order valence-electron chi connectivity index (χ2n) is 6.63. The molecule has 0 aliphatic heterocycles. The molecule has 27 heavy (non-hydrogen) atoms. The van der Waals surface area contributed by atoms with E-state index in [1.165, 1.54) is 17.7 Å². The van der Waals surface area contributed by atoms with Crippen molar-refractivity contribution in [2.45, 2.75) is 45.2 Å². The number of hydrogen-bond acceptors (Lipinski definition) is 2. The topological polar surface area (TPSA) is 26.3 Å². The van der Waals surface area contributed by atoms with Crippen molar-refractivity contribution in [2.24, 2.45) is 5.92 Å². The van der Waals surface area contributed by atoms with E-state index in [-0.39, 0.29) is 11.9 Å². The lowest BCUT2D eigenvalue weighted by Gasteiger charge is -2.16. The van der Waals surface area contributed by atoms with E-state index >= 15 is 0 Å². The van der Waals surface area contributed by atoms with Gasteiger partial charge in [-0.05, 0) is 61.8 Å². The van der Waals surface area contributed by atoms with Gasteiger partial charge in [-0.1, -0.05) is 42.5 Å². The Labute approximate surface area is 158 Å². The summed E-state index contributed by atoms with van der Waals surface area (Å²) in [7, 11) is 0. The molecule has 0 N–H and O–H groups in total. The molecule has 1 unspecified atom stereocenters. The molecule has 1 atom stereocenters. The number of rotatable bonds is 9. The predicted molar refractivity (Wildman–Crippen MR) is 99.3 cm³/mol. The average Bonchev–Trinajstić information content (AvgIpc) is 2.64. The van der Waals surface area contributed by atoms with Crippen molar-refractivity contribution >= 4 is 5.97 Å². The van der Waals surface area contributed by atoms with E-state index in [1.54, 1.807) is 6.92 Å². The van der Waals surface area contributed by atoms with Gasteiger partial charge in [-0.3, -0.25) is 4.79 Å². The number of benzene rings is 2. The second kappa shape index (κ2) is 10.1. The Hall–Kier alpha value is -2.30. The Morgan fingerprint density at radius 1 is 0.926 bits per heavy atom. The van der Waals surface area contributed by atoms with E-state index in [2.05, 4.69) is 12.1 Å². The standard InChI is InChI=1S/C22H25F3O2/c1-2-27-21(26)16-19(10-8-17-6-4-3-5-7-17)11-9-18-12-14-20(15-13-18)22(23,24)25/h3-7,12-15,19H,2,8-11,16H2,1H3. The van der Waals surface area contributed by atoms with E-state index in [9.17, 15) is 18.0 Å². The molecule has 0 aromatic heterocycles. The summed E-state index contributed by atoms with van der Waals surface area (Å²) in [5, 5.41) is 0. The fourth-order valence-corrected chi connectivity index (χ4v) is 3.05. The first kappa shape index (κ1) is 21.0. The highest BCUT2D eigenvalue weighted by atomic mass is 19.4. The quantitative estimate of drug-likeness (QED) is 0.512. The largest absolute Gasteiger partial charge is 0.466 e. The number of halogens is 3. The van der Waals surface area contributed by atoms with Crippen LogP contribution in [0.5, 0.6) is 0 Å². The number of esters is 1. The van der Waals surface area contributed by atoms with Gasteiger partial charge >= 0.3 is 12.1 Å². The molecule has 2 rings (SSSR count). The van der Waals surface area contributed by atoms with Gasteiger partial charge in [0.25, 0.3) is 0 Å². The fourth-order valence-electron chi connectivity index (χ4n) is 3.05. The van der Waals surface area contributed by atoms with Gasteiger partial charge in [-0.2, -0.15) is 13.2 Å². The minimum absolute atomic E-state index is 0.131. The molecular weight excluding hydrogens is 353 g/mol. The summed E-state index contributed by atoms with van der Waals surface area (Å²) >= 11 is 0. The normalized spacial score (nSPS) is 12.6. The van der Waals surface area contributed by atoms with Crippen LogP contribution in [0.15, 0.2) is 54.6 Å². The minimum Gasteiger partial charge on any atom is -0.466 e. The smallest absolute Gasteiger partial charge is 0.416 e. The molecule has 2 nitrogen and oxygen atoms in total. The zero-order chi connectivity index (χ0) is 19.7. The van der Waals surface area contributed by atoms with Crippen LogP contribution in [0.2, 0.25) is 0 Å². The van der Waals surface area contributed by atoms with Crippen molar-refractivity contribution in [1.29, 1.82) is 0 Å². The fraction of sp³-hybridized carbons (Fsp3) is 0.409. The van der Waals surface area contributed by atoms with Crippen molar-refractivity contribution in [3.8, 4) is 0 Å². The molecule has 0 aliphatic carbocycles. The Kier molecular flexibility index (Phi) is 7.89. The third kappa shape index (κ3) is 7.45. The molecule has 0 aliphatic rings. The summed E-state index contributed by atoms with van der Waals surface area (Å²) in [5.74, 6) is -0.0884. The zero-order valence-electron chi connectivity index (χ0n) is 15.5. The van der Waals surface area contributed by atoms with E-state index in [0.29, 0.717) is 19.4 Å². The molecule has 0 fully saturated rings. The van der Waals surface area contributed by atoms with Crippen LogP contribution >= 0.6 is 0 Å². The number of ether oxygens (including phenoxy) is 1. The highest BCUT2D eigenvalue weighted by molar-refractivity contribution is 5.69. The second-order valence-corrected chi connectivity index (χ2v) is 6.63. The summed E-state index contributed by atoms with van der Waals surface area (Å²) in [6, 6.07) is 15.3. The molecule has 5 heteroatoms. The van der Waals surface area contributed by atoms with Gasteiger partial charge in [0.15, 0.2) is 0 Å².